The summed E-state index contributed by atoms with van der Waals surface area (Å²) in [5.41, 5.74) is 6.99. The second-order valence-corrected chi connectivity index (χ2v) is 3.95. The van der Waals surface area contributed by atoms with E-state index >= 15 is 0 Å². The minimum Gasteiger partial charge on any atom is -0.329 e. The Labute approximate surface area is 86.5 Å². The molecule has 0 spiro atoms. The van der Waals surface area contributed by atoms with Gasteiger partial charge in [0.1, 0.15) is 0 Å². The summed E-state index contributed by atoms with van der Waals surface area (Å²) in [6.07, 6.45) is 0. The van der Waals surface area contributed by atoms with Crippen molar-refractivity contribution in [1.82, 2.24) is 5.32 Å². The third kappa shape index (κ3) is 3.48. The minimum absolute atomic E-state index is 0.412. The maximum absolute atomic E-state index is 5.68. The second kappa shape index (κ2) is 5.78. The smallest absolute Gasteiger partial charge is 0.0216 e. The van der Waals surface area contributed by atoms with Crippen LogP contribution in [0.4, 0.5) is 0 Å². The van der Waals surface area contributed by atoms with Crippen LogP contribution in [0.15, 0.2) is 30.3 Å². The van der Waals surface area contributed by atoms with Crippen LogP contribution < -0.4 is 11.1 Å². The lowest BCUT2D eigenvalue weighted by Gasteiger charge is -2.20. The Hall–Kier alpha value is -0.860. The number of nitrogens with one attached hydrogen (secondary N) is 1. The molecule has 0 aromatic heterocycles. The normalized spacial score (nSPS) is 13.1. The van der Waals surface area contributed by atoms with E-state index in [9.17, 15) is 0 Å². The van der Waals surface area contributed by atoms with Gasteiger partial charge in [-0.1, -0.05) is 44.2 Å². The third-order valence-electron chi connectivity index (χ3n) is 2.47. The number of hydrogen-bond acceptors (Lipinski definition) is 2. The van der Waals surface area contributed by atoms with Crippen LogP contribution in [-0.2, 0) is 6.54 Å². The number of hydrogen-bond donors (Lipinski definition) is 2. The van der Waals surface area contributed by atoms with Gasteiger partial charge in [0.2, 0.25) is 0 Å². The van der Waals surface area contributed by atoms with Crippen molar-refractivity contribution in [1.29, 1.82) is 0 Å². The summed E-state index contributed by atoms with van der Waals surface area (Å²) in [5.74, 6) is 0.587. The summed E-state index contributed by atoms with van der Waals surface area (Å²) >= 11 is 0. The minimum atomic E-state index is 0.412. The summed E-state index contributed by atoms with van der Waals surface area (Å²) in [7, 11) is 0. The molecule has 1 atom stereocenters. The van der Waals surface area contributed by atoms with Crippen LogP contribution in [0.3, 0.4) is 0 Å². The van der Waals surface area contributed by atoms with E-state index in [1.165, 1.54) is 5.56 Å². The van der Waals surface area contributed by atoms with Crippen molar-refractivity contribution in [2.75, 3.05) is 6.54 Å². The first-order valence-electron chi connectivity index (χ1n) is 5.21. The summed E-state index contributed by atoms with van der Waals surface area (Å²) in [6, 6.07) is 10.8. The zero-order valence-corrected chi connectivity index (χ0v) is 9.03. The molecule has 78 valence electrons. The largest absolute Gasteiger partial charge is 0.329 e. The van der Waals surface area contributed by atoms with Gasteiger partial charge < -0.3 is 11.1 Å². The Morgan fingerprint density at radius 1 is 1.21 bits per heavy atom. The molecule has 14 heavy (non-hydrogen) atoms. The van der Waals surface area contributed by atoms with Crippen LogP contribution in [0.1, 0.15) is 19.4 Å². The maximum Gasteiger partial charge on any atom is 0.0216 e. The summed E-state index contributed by atoms with van der Waals surface area (Å²) in [4.78, 5) is 0. The van der Waals surface area contributed by atoms with Gasteiger partial charge in [-0.05, 0) is 11.5 Å². The zero-order valence-electron chi connectivity index (χ0n) is 9.03. The van der Waals surface area contributed by atoms with Crippen LogP contribution in [0, 0.1) is 5.92 Å². The van der Waals surface area contributed by atoms with Crippen molar-refractivity contribution < 1.29 is 0 Å². The molecular formula is C12H20N2. The van der Waals surface area contributed by atoms with Gasteiger partial charge in [0.15, 0.2) is 0 Å². The lowest BCUT2D eigenvalue weighted by Crippen LogP contribution is -2.39. The van der Waals surface area contributed by atoms with Gasteiger partial charge in [0.05, 0.1) is 0 Å². The van der Waals surface area contributed by atoms with E-state index in [0.717, 1.165) is 6.54 Å². The molecular weight excluding hydrogens is 172 g/mol. The van der Waals surface area contributed by atoms with Gasteiger partial charge in [-0.25, -0.2) is 0 Å². The summed E-state index contributed by atoms with van der Waals surface area (Å²) < 4.78 is 0. The van der Waals surface area contributed by atoms with Gasteiger partial charge in [-0.3, -0.25) is 0 Å². The Morgan fingerprint density at radius 3 is 2.36 bits per heavy atom. The van der Waals surface area contributed by atoms with E-state index in [0.29, 0.717) is 18.5 Å². The van der Waals surface area contributed by atoms with Gasteiger partial charge in [0, 0.05) is 19.1 Å². The first-order valence-corrected chi connectivity index (χ1v) is 5.21. The molecule has 0 heterocycles. The van der Waals surface area contributed by atoms with E-state index in [1.807, 2.05) is 6.07 Å². The highest BCUT2D eigenvalue weighted by molar-refractivity contribution is 5.14. The average molecular weight is 192 g/mol. The van der Waals surface area contributed by atoms with Crippen LogP contribution in [0.2, 0.25) is 0 Å². The molecule has 0 amide bonds. The van der Waals surface area contributed by atoms with Gasteiger partial charge in [0.25, 0.3) is 0 Å². The molecule has 1 aromatic rings. The SMILES string of the molecule is CC(C)C(CN)NCc1ccccc1. The molecule has 0 saturated heterocycles. The molecule has 0 bridgehead atoms. The second-order valence-electron chi connectivity index (χ2n) is 3.95. The number of benzene rings is 1. The Balaban J connectivity index is 2.40. The van der Waals surface area contributed by atoms with E-state index in [4.69, 9.17) is 5.73 Å². The highest BCUT2D eigenvalue weighted by Crippen LogP contribution is 2.02. The van der Waals surface area contributed by atoms with Crippen molar-refractivity contribution in [3.05, 3.63) is 35.9 Å². The first kappa shape index (κ1) is 11.2. The Kier molecular flexibility index (Phi) is 4.63. The molecule has 0 saturated carbocycles. The van der Waals surface area contributed by atoms with Crippen molar-refractivity contribution in [3.63, 3.8) is 0 Å². The molecule has 1 rings (SSSR count). The summed E-state index contributed by atoms with van der Waals surface area (Å²) in [5, 5.41) is 3.46. The molecule has 0 radical (unpaired) electrons. The van der Waals surface area contributed by atoms with Crippen LogP contribution >= 0.6 is 0 Å². The van der Waals surface area contributed by atoms with E-state index in [-0.39, 0.29) is 0 Å². The molecule has 0 aliphatic heterocycles. The van der Waals surface area contributed by atoms with E-state index < -0.39 is 0 Å². The molecule has 3 N–H and O–H groups in total. The lowest BCUT2D eigenvalue weighted by molar-refractivity contribution is 0.405. The Bertz CT molecular complexity index is 244. The molecule has 2 nitrogen and oxygen atoms in total. The molecule has 0 fully saturated rings. The number of rotatable bonds is 5. The fraction of sp³-hybridized carbons (Fsp3) is 0.500. The quantitative estimate of drug-likeness (QED) is 0.746. The van der Waals surface area contributed by atoms with E-state index in [1.54, 1.807) is 0 Å². The predicted octanol–water partition coefficient (Wildman–Crippen LogP) is 1.76. The van der Waals surface area contributed by atoms with Gasteiger partial charge in [-0.15, -0.1) is 0 Å². The fourth-order valence-corrected chi connectivity index (χ4v) is 1.44. The molecule has 2 heteroatoms. The molecule has 1 unspecified atom stereocenters. The average Bonchev–Trinajstić information content (AvgIpc) is 2.20. The predicted molar refractivity (Wildman–Crippen MR) is 61.0 cm³/mol. The Morgan fingerprint density at radius 2 is 1.86 bits per heavy atom. The third-order valence-corrected chi connectivity index (χ3v) is 2.47. The first-order chi connectivity index (χ1) is 6.74. The van der Waals surface area contributed by atoms with Crippen molar-refractivity contribution in [2.45, 2.75) is 26.4 Å². The van der Waals surface area contributed by atoms with Crippen molar-refractivity contribution >= 4 is 0 Å². The zero-order chi connectivity index (χ0) is 10.4. The molecule has 0 aliphatic rings. The van der Waals surface area contributed by atoms with E-state index in [2.05, 4.69) is 43.4 Å². The monoisotopic (exact) mass is 192 g/mol. The van der Waals surface area contributed by atoms with Gasteiger partial charge in [-0.2, -0.15) is 0 Å². The van der Waals surface area contributed by atoms with Gasteiger partial charge >= 0.3 is 0 Å². The molecule has 0 aliphatic carbocycles. The highest BCUT2D eigenvalue weighted by atomic mass is 14.9. The highest BCUT2D eigenvalue weighted by Gasteiger charge is 2.09. The van der Waals surface area contributed by atoms with Crippen LogP contribution in [-0.4, -0.2) is 12.6 Å². The van der Waals surface area contributed by atoms with Crippen molar-refractivity contribution in [3.8, 4) is 0 Å². The summed E-state index contributed by atoms with van der Waals surface area (Å²) in [6.45, 7) is 5.98. The lowest BCUT2D eigenvalue weighted by atomic mass is 10.0. The topological polar surface area (TPSA) is 38.0 Å². The van der Waals surface area contributed by atoms with Crippen LogP contribution in [0.5, 0.6) is 0 Å². The molecule has 1 aromatic carbocycles. The van der Waals surface area contributed by atoms with Crippen LogP contribution in [0.25, 0.3) is 0 Å². The maximum atomic E-state index is 5.68. The number of nitrogens with two attached hydrogens (primary N) is 1. The standard InChI is InChI=1S/C12H20N2/c1-10(2)12(8-13)14-9-11-6-4-3-5-7-11/h3-7,10,12,14H,8-9,13H2,1-2H3. The fourth-order valence-electron chi connectivity index (χ4n) is 1.44. The van der Waals surface area contributed by atoms with Crippen molar-refractivity contribution in [2.24, 2.45) is 11.7 Å².